The van der Waals surface area contributed by atoms with E-state index in [-0.39, 0.29) is 12.2 Å². The van der Waals surface area contributed by atoms with Crippen molar-refractivity contribution in [1.29, 1.82) is 0 Å². The first-order chi connectivity index (χ1) is 10.2. The summed E-state index contributed by atoms with van der Waals surface area (Å²) in [5.74, 6) is 0.244. The Balaban J connectivity index is 1.92. The van der Waals surface area contributed by atoms with Crippen LogP contribution in [0.25, 0.3) is 11.0 Å². The SMILES string of the molecule is NCc1ccccc1CC(=O)c1cc2cccc(Cl)c2o1. The molecule has 0 aliphatic carbocycles. The van der Waals surface area contributed by atoms with Gasteiger partial charge in [0.15, 0.2) is 11.3 Å². The van der Waals surface area contributed by atoms with Gasteiger partial charge in [0, 0.05) is 18.4 Å². The number of furan rings is 1. The highest BCUT2D eigenvalue weighted by Crippen LogP contribution is 2.27. The van der Waals surface area contributed by atoms with Crippen molar-refractivity contribution in [2.45, 2.75) is 13.0 Å². The molecule has 1 heterocycles. The highest BCUT2D eigenvalue weighted by atomic mass is 35.5. The third kappa shape index (κ3) is 2.71. The molecule has 21 heavy (non-hydrogen) atoms. The molecule has 4 heteroatoms. The van der Waals surface area contributed by atoms with E-state index < -0.39 is 0 Å². The zero-order valence-electron chi connectivity index (χ0n) is 11.3. The first kappa shape index (κ1) is 13.9. The van der Waals surface area contributed by atoms with E-state index in [2.05, 4.69) is 0 Å². The molecule has 106 valence electrons. The van der Waals surface area contributed by atoms with Crippen molar-refractivity contribution in [3.63, 3.8) is 0 Å². The zero-order valence-corrected chi connectivity index (χ0v) is 12.1. The molecule has 0 aliphatic rings. The maximum Gasteiger partial charge on any atom is 0.202 e. The molecule has 0 radical (unpaired) electrons. The maximum atomic E-state index is 12.4. The van der Waals surface area contributed by atoms with Gasteiger partial charge in [0.05, 0.1) is 5.02 Å². The Kier molecular flexibility index (Phi) is 3.78. The van der Waals surface area contributed by atoms with Crippen LogP contribution in [0.15, 0.2) is 52.9 Å². The molecule has 0 saturated carbocycles. The van der Waals surface area contributed by atoms with E-state index in [9.17, 15) is 4.79 Å². The van der Waals surface area contributed by atoms with Crippen LogP contribution in [0.3, 0.4) is 0 Å². The normalized spacial score (nSPS) is 11.0. The number of hydrogen-bond donors (Lipinski definition) is 1. The van der Waals surface area contributed by atoms with E-state index in [1.165, 1.54) is 0 Å². The summed E-state index contributed by atoms with van der Waals surface area (Å²) in [5, 5.41) is 1.34. The Bertz CT molecular complexity index is 807. The molecule has 0 saturated heterocycles. The largest absolute Gasteiger partial charge is 0.451 e. The lowest BCUT2D eigenvalue weighted by atomic mass is 10.0. The number of para-hydroxylation sites is 1. The lowest BCUT2D eigenvalue weighted by Crippen LogP contribution is -2.07. The maximum absolute atomic E-state index is 12.4. The second-order valence-electron chi connectivity index (χ2n) is 4.84. The minimum absolute atomic E-state index is 0.0804. The molecule has 0 spiro atoms. The molecule has 2 aromatic carbocycles. The minimum atomic E-state index is -0.0804. The second kappa shape index (κ2) is 5.72. The Morgan fingerprint density at radius 2 is 1.86 bits per heavy atom. The first-order valence-corrected chi connectivity index (χ1v) is 7.05. The van der Waals surface area contributed by atoms with Gasteiger partial charge in [-0.05, 0) is 23.3 Å². The molecule has 0 amide bonds. The van der Waals surface area contributed by atoms with Crippen LogP contribution in [0.2, 0.25) is 5.02 Å². The Hall–Kier alpha value is -2.10. The number of halogens is 1. The predicted molar refractivity (Wildman–Crippen MR) is 83.6 cm³/mol. The van der Waals surface area contributed by atoms with Crippen LogP contribution in [0.1, 0.15) is 21.7 Å². The topological polar surface area (TPSA) is 56.2 Å². The molecule has 2 N–H and O–H groups in total. The Labute approximate surface area is 127 Å². The minimum Gasteiger partial charge on any atom is -0.451 e. The molecule has 1 aromatic heterocycles. The van der Waals surface area contributed by atoms with E-state index in [4.69, 9.17) is 21.8 Å². The summed E-state index contributed by atoms with van der Waals surface area (Å²) in [5.41, 5.74) is 8.14. The summed E-state index contributed by atoms with van der Waals surface area (Å²) in [6, 6.07) is 14.8. The highest BCUT2D eigenvalue weighted by Gasteiger charge is 2.15. The second-order valence-corrected chi connectivity index (χ2v) is 5.25. The van der Waals surface area contributed by atoms with Crippen molar-refractivity contribution in [2.24, 2.45) is 5.73 Å². The summed E-state index contributed by atoms with van der Waals surface area (Å²) >= 11 is 6.06. The van der Waals surface area contributed by atoms with Gasteiger partial charge in [0.2, 0.25) is 5.78 Å². The van der Waals surface area contributed by atoms with Crippen molar-refractivity contribution in [3.05, 3.63) is 70.4 Å². The van der Waals surface area contributed by atoms with Gasteiger partial charge in [-0.25, -0.2) is 0 Å². The number of rotatable bonds is 4. The van der Waals surface area contributed by atoms with Crippen molar-refractivity contribution in [3.8, 4) is 0 Å². The van der Waals surface area contributed by atoms with Gasteiger partial charge in [-0.3, -0.25) is 4.79 Å². The molecular formula is C17H14ClNO2. The molecule has 0 atom stereocenters. The number of carbonyl (C=O) groups excluding carboxylic acids is 1. The Morgan fingerprint density at radius 3 is 2.57 bits per heavy atom. The molecule has 3 rings (SSSR count). The average Bonchev–Trinajstić information content (AvgIpc) is 2.93. The van der Waals surface area contributed by atoms with E-state index >= 15 is 0 Å². The summed E-state index contributed by atoms with van der Waals surface area (Å²) in [7, 11) is 0. The van der Waals surface area contributed by atoms with Gasteiger partial charge >= 0.3 is 0 Å². The molecule has 0 bridgehead atoms. The predicted octanol–water partition coefficient (Wildman–Crippen LogP) is 3.97. The fourth-order valence-electron chi connectivity index (χ4n) is 2.35. The smallest absolute Gasteiger partial charge is 0.202 e. The Morgan fingerprint density at radius 1 is 1.10 bits per heavy atom. The van der Waals surface area contributed by atoms with Crippen molar-refractivity contribution < 1.29 is 9.21 Å². The number of fused-ring (bicyclic) bond motifs is 1. The number of carbonyl (C=O) groups is 1. The molecule has 3 nitrogen and oxygen atoms in total. The van der Waals surface area contributed by atoms with Crippen LogP contribution >= 0.6 is 11.6 Å². The fraction of sp³-hybridized carbons (Fsp3) is 0.118. The van der Waals surface area contributed by atoms with Crippen LogP contribution in [0.5, 0.6) is 0 Å². The summed E-state index contributed by atoms with van der Waals surface area (Å²) in [6.07, 6.45) is 0.269. The van der Waals surface area contributed by atoms with Crippen molar-refractivity contribution >= 4 is 28.4 Å². The molecule has 0 fully saturated rings. The highest BCUT2D eigenvalue weighted by molar-refractivity contribution is 6.34. The summed E-state index contributed by atoms with van der Waals surface area (Å²) < 4.78 is 5.59. The van der Waals surface area contributed by atoms with Crippen LogP contribution in [-0.2, 0) is 13.0 Å². The van der Waals surface area contributed by atoms with Gasteiger partial charge in [-0.1, -0.05) is 48.0 Å². The number of Topliss-reactive ketones (excluding diaryl/α,β-unsaturated/α-hetero) is 1. The lowest BCUT2D eigenvalue weighted by Gasteiger charge is -2.05. The fourth-order valence-corrected chi connectivity index (χ4v) is 2.57. The third-order valence-electron chi connectivity index (χ3n) is 3.46. The van der Waals surface area contributed by atoms with Gasteiger partial charge in [-0.15, -0.1) is 0 Å². The van der Waals surface area contributed by atoms with Crippen LogP contribution < -0.4 is 5.73 Å². The number of benzene rings is 2. The molecule has 0 aliphatic heterocycles. The lowest BCUT2D eigenvalue weighted by molar-refractivity contribution is 0.0968. The molecule has 3 aromatic rings. The monoisotopic (exact) mass is 299 g/mol. The number of hydrogen-bond acceptors (Lipinski definition) is 3. The van der Waals surface area contributed by atoms with Crippen LogP contribution in [0, 0.1) is 0 Å². The van der Waals surface area contributed by atoms with E-state index in [1.54, 1.807) is 12.1 Å². The molecular weight excluding hydrogens is 286 g/mol. The number of ketones is 1. The van der Waals surface area contributed by atoms with Crippen molar-refractivity contribution in [2.75, 3.05) is 0 Å². The van der Waals surface area contributed by atoms with Crippen LogP contribution in [0.4, 0.5) is 0 Å². The quantitative estimate of drug-likeness (QED) is 0.742. The van der Waals surface area contributed by atoms with E-state index in [0.29, 0.717) is 22.9 Å². The van der Waals surface area contributed by atoms with Crippen LogP contribution in [-0.4, -0.2) is 5.78 Å². The average molecular weight is 300 g/mol. The van der Waals surface area contributed by atoms with Gasteiger partial charge in [0.1, 0.15) is 0 Å². The first-order valence-electron chi connectivity index (χ1n) is 6.67. The molecule has 0 unspecified atom stereocenters. The van der Waals surface area contributed by atoms with E-state index in [0.717, 1.165) is 16.5 Å². The third-order valence-corrected chi connectivity index (χ3v) is 3.76. The van der Waals surface area contributed by atoms with Gasteiger partial charge in [0.25, 0.3) is 0 Å². The van der Waals surface area contributed by atoms with E-state index in [1.807, 2.05) is 36.4 Å². The van der Waals surface area contributed by atoms with Gasteiger partial charge in [-0.2, -0.15) is 0 Å². The van der Waals surface area contributed by atoms with Gasteiger partial charge < -0.3 is 10.2 Å². The van der Waals surface area contributed by atoms with Crippen molar-refractivity contribution in [1.82, 2.24) is 0 Å². The summed E-state index contributed by atoms with van der Waals surface area (Å²) in [6.45, 7) is 0.412. The standard InChI is InChI=1S/C17H14ClNO2/c18-14-7-3-6-12-9-16(21-17(12)14)15(20)8-11-4-1-2-5-13(11)10-19/h1-7,9H,8,10,19H2. The summed E-state index contributed by atoms with van der Waals surface area (Å²) in [4.78, 5) is 12.4. The zero-order chi connectivity index (χ0) is 14.8. The number of nitrogens with two attached hydrogens (primary N) is 1.